The fraction of sp³-hybridized carbons (Fsp3) is 0. The Morgan fingerprint density at radius 2 is 1.90 bits per heavy atom. The number of pyridine rings is 3. The molecule has 0 bridgehead atoms. The lowest BCUT2D eigenvalue weighted by Gasteiger charge is -2.02. The lowest BCUT2D eigenvalue weighted by Crippen LogP contribution is -2.12. The van der Waals surface area contributed by atoms with E-state index in [0.717, 1.165) is 5.82 Å². The first-order chi connectivity index (χ1) is 14.3. The maximum absolute atomic E-state index is 12.8. The highest BCUT2D eigenvalue weighted by molar-refractivity contribution is 6.08. The SMILES string of the molecule is O=C(Nc1cccnc1)c1nc(-c2cn(-c3ccccn3)cn2)n2ccccc12. The molecule has 0 aliphatic heterocycles. The Kier molecular flexibility index (Phi) is 4.06. The van der Waals surface area contributed by atoms with Crippen LogP contribution in [0.2, 0.25) is 0 Å². The molecule has 5 heterocycles. The van der Waals surface area contributed by atoms with Crippen molar-refractivity contribution in [3.05, 3.63) is 91.5 Å². The third-order valence-electron chi connectivity index (χ3n) is 4.41. The van der Waals surface area contributed by atoms with Gasteiger partial charge in [0.25, 0.3) is 5.91 Å². The second kappa shape index (κ2) is 7.01. The highest BCUT2D eigenvalue weighted by Crippen LogP contribution is 2.23. The van der Waals surface area contributed by atoms with Crippen molar-refractivity contribution >= 4 is 17.1 Å². The molecule has 0 unspecified atom stereocenters. The van der Waals surface area contributed by atoms with Crippen molar-refractivity contribution in [2.24, 2.45) is 0 Å². The van der Waals surface area contributed by atoms with Crippen LogP contribution in [0.15, 0.2) is 85.8 Å². The number of carbonyl (C=O) groups excluding carboxylic acids is 1. The summed E-state index contributed by atoms with van der Waals surface area (Å²) in [5, 5.41) is 2.83. The fourth-order valence-corrected chi connectivity index (χ4v) is 3.08. The molecular formula is C21H15N7O. The van der Waals surface area contributed by atoms with Crippen LogP contribution in [0.5, 0.6) is 0 Å². The molecule has 5 rings (SSSR count). The average Bonchev–Trinajstić information content (AvgIpc) is 3.40. The molecule has 8 nitrogen and oxygen atoms in total. The van der Waals surface area contributed by atoms with Gasteiger partial charge in [0.05, 0.1) is 17.4 Å². The molecule has 140 valence electrons. The number of nitrogens with zero attached hydrogens (tertiary/aromatic N) is 6. The van der Waals surface area contributed by atoms with Gasteiger partial charge in [-0.1, -0.05) is 12.1 Å². The Morgan fingerprint density at radius 1 is 0.966 bits per heavy atom. The molecule has 5 aromatic rings. The van der Waals surface area contributed by atoms with Crippen molar-refractivity contribution < 1.29 is 4.79 Å². The Morgan fingerprint density at radius 3 is 2.72 bits per heavy atom. The van der Waals surface area contributed by atoms with E-state index in [0.29, 0.717) is 28.4 Å². The summed E-state index contributed by atoms with van der Waals surface area (Å²) < 4.78 is 3.66. The van der Waals surface area contributed by atoms with Gasteiger partial charge in [-0.2, -0.15) is 0 Å². The first-order valence-corrected chi connectivity index (χ1v) is 8.94. The highest BCUT2D eigenvalue weighted by Gasteiger charge is 2.20. The van der Waals surface area contributed by atoms with Crippen LogP contribution < -0.4 is 5.32 Å². The molecule has 0 aliphatic rings. The molecule has 0 radical (unpaired) electrons. The second-order valence-corrected chi connectivity index (χ2v) is 6.29. The number of imidazole rings is 2. The number of hydrogen-bond acceptors (Lipinski definition) is 5. The van der Waals surface area contributed by atoms with Gasteiger partial charge in [-0.05, 0) is 36.4 Å². The van der Waals surface area contributed by atoms with Crippen LogP contribution in [0, 0.1) is 0 Å². The Balaban J connectivity index is 1.56. The van der Waals surface area contributed by atoms with Crippen molar-refractivity contribution in [1.82, 2.24) is 28.9 Å². The van der Waals surface area contributed by atoms with Gasteiger partial charge in [-0.15, -0.1) is 0 Å². The zero-order chi connectivity index (χ0) is 19.6. The van der Waals surface area contributed by atoms with Gasteiger partial charge in [0.15, 0.2) is 11.5 Å². The van der Waals surface area contributed by atoms with E-state index in [4.69, 9.17) is 0 Å². The number of amides is 1. The molecule has 0 saturated carbocycles. The summed E-state index contributed by atoms with van der Waals surface area (Å²) in [6.07, 6.45) is 10.3. The average molecular weight is 381 g/mol. The number of nitrogens with one attached hydrogen (secondary N) is 1. The number of aromatic nitrogens is 6. The Hall–Kier alpha value is -4.33. The minimum absolute atomic E-state index is 0.308. The molecule has 5 aromatic heterocycles. The number of fused-ring (bicyclic) bond motifs is 1. The summed E-state index contributed by atoms with van der Waals surface area (Å²) in [5.74, 6) is 1.02. The van der Waals surface area contributed by atoms with Crippen molar-refractivity contribution in [1.29, 1.82) is 0 Å². The van der Waals surface area contributed by atoms with Gasteiger partial charge in [0, 0.05) is 24.8 Å². The summed E-state index contributed by atoms with van der Waals surface area (Å²) in [4.78, 5) is 30.3. The van der Waals surface area contributed by atoms with Gasteiger partial charge in [0.1, 0.15) is 17.8 Å². The minimum Gasteiger partial charge on any atom is -0.319 e. The van der Waals surface area contributed by atoms with E-state index in [1.165, 1.54) is 0 Å². The van der Waals surface area contributed by atoms with Gasteiger partial charge in [0.2, 0.25) is 0 Å². The topological polar surface area (TPSA) is 90.0 Å². The molecule has 0 aliphatic carbocycles. The van der Waals surface area contributed by atoms with E-state index in [1.807, 2.05) is 57.8 Å². The van der Waals surface area contributed by atoms with Crippen molar-refractivity contribution in [2.75, 3.05) is 5.32 Å². The number of anilines is 1. The zero-order valence-electron chi connectivity index (χ0n) is 15.2. The summed E-state index contributed by atoms with van der Waals surface area (Å²) in [7, 11) is 0. The van der Waals surface area contributed by atoms with Gasteiger partial charge in [-0.25, -0.2) is 15.0 Å². The maximum atomic E-state index is 12.8. The standard InChI is InChI=1S/C21H15N7O/c29-21(25-15-6-5-9-22-12-15)19-17-7-2-4-11-28(17)20(26-19)16-13-27(14-24-16)18-8-1-3-10-23-18/h1-14H,(H,25,29). The zero-order valence-corrected chi connectivity index (χ0v) is 15.2. The van der Waals surface area contributed by atoms with E-state index in [9.17, 15) is 4.79 Å². The van der Waals surface area contributed by atoms with Crippen LogP contribution in [0.1, 0.15) is 10.5 Å². The Bertz CT molecular complexity index is 1290. The van der Waals surface area contributed by atoms with E-state index < -0.39 is 0 Å². The third-order valence-corrected chi connectivity index (χ3v) is 4.41. The molecule has 0 atom stereocenters. The predicted octanol–water partition coefficient (Wildman–Crippen LogP) is 3.23. The molecule has 0 aromatic carbocycles. The Labute approximate surface area is 165 Å². The molecule has 0 fully saturated rings. The smallest absolute Gasteiger partial charge is 0.276 e. The van der Waals surface area contributed by atoms with E-state index in [-0.39, 0.29) is 5.91 Å². The van der Waals surface area contributed by atoms with Gasteiger partial charge >= 0.3 is 0 Å². The molecule has 1 N–H and O–H groups in total. The lowest BCUT2D eigenvalue weighted by molar-refractivity contribution is 0.102. The van der Waals surface area contributed by atoms with Crippen LogP contribution >= 0.6 is 0 Å². The second-order valence-electron chi connectivity index (χ2n) is 6.29. The normalized spacial score (nSPS) is 10.9. The number of hydrogen-bond donors (Lipinski definition) is 1. The van der Waals surface area contributed by atoms with Crippen LogP contribution in [-0.2, 0) is 0 Å². The first-order valence-electron chi connectivity index (χ1n) is 8.94. The van der Waals surface area contributed by atoms with Crippen molar-refractivity contribution in [3.8, 4) is 17.3 Å². The fourth-order valence-electron chi connectivity index (χ4n) is 3.08. The van der Waals surface area contributed by atoms with Gasteiger partial charge in [-0.3, -0.25) is 18.7 Å². The quantitative estimate of drug-likeness (QED) is 0.516. The molecule has 8 heteroatoms. The molecular weight excluding hydrogens is 366 g/mol. The lowest BCUT2D eigenvalue weighted by atomic mass is 10.3. The van der Waals surface area contributed by atoms with Crippen molar-refractivity contribution in [2.45, 2.75) is 0 Å². The summed E-state index contributed by atoms with van der Waals surface area (Å²) in [6.45, 7) is 0. The minimum atomic E-state index is -0.308. The predicted molar refractivity (Wildman–Crippen MR) is 108 cm³/mol. The van der Waals surface area contributed by atoms with Crippen LogP contribution in [0.4, 0.5) is 5.69 Å². The van der Waals surface area contributed by atoms with Gasteiger partial charge < -0.3 is 5.32 Å². The largest absolute Gasteiger partial charge is 0.319 e. The third kappa shape index (κ3) is 3.12. The summed E-state index contributed by atoms with van der Waals surface area (Å²) in [5.41, 5.74) is 2.25. The number of rotatable bonds is 4. The van der Waals surface area contributed by atoms with E-state index in [1.54, 1.807) is 37.1 Å². The van der Waals surface area contributed by atoms with Crippen LogP contribution in [0.25, 0.3) is 22.9 Å². The van der Waals surface area contributed by atoms with E-state index >= 15 is 0 Å². The molecule has 0 spiro atoms. The highest BCUT2D eigenvalue weighted by atomic mass is 16.1. The molecule has 29 heavy (non-hydrogen) atoms. The van der Waals surface area contributed by atoms with Crippen molar-refractivity contribution in [3.63, 3.8) is 0 Å². The molecule has 0 saturated heterocycles. The van der Waals surface area contributed by atoms with Crippen LogP contribution in [0.3, 0.4) is 0 Å². The first kappa shape index (κ1) is 16.8. The van der Waals surface area contributed by atoms with Crippen LogP contribution in [-0.4, -0.2) is 34.8 Å². The van der Waals surface area contributed by atoms with E-state index in [2.05, 4.69) is 25.3 Å². The summed E-state index contributed by atoms with van der Waals surface area (Å²) in [6, 6.07) is 14.8. The summed E-state index contributed by atoms with van der Waals surface area (Å²) >= 11 is 0. The number of carbonyl (C=O) groups is 1. The molecule has 1 amide bonds. The maximum Gasteiger partial charge on any atom is 0.276 e. The monoisotopic (exact) mass is 381 g/mol.